The molecule has 0 bridgehead atoms. The molecule has 0 spiro atoms. The summed E-state index contributed by atoms with van der Waals surface area (Å²) >= 11 is 0. The molecule has 0 atom stereocenters. The lowest BCUT2D eigenvalue weighted by Gasteiger charge is -2.40. The van der Waals surface area contributed by atoms with Gasteiger partial charge in [-0.25, -0.2) is 13.2 Å². The molecule has 1 aliphatic heterocycles. The van der Waals surface area contributed by atoms with Crippen molar-refractivity contribution in [1.29, 1.82) is 0 Å². The van der Waals surface area contributed by atoms with Crippen LogP contribution < -0.4 is 0 Å². The first kappa shape index (κ1) is 15.9. The van der Waals surface area contributed by atoms with Crippen LogP contribution in [0.15, 0.2) is 11.2 Å². The molecule has 1 aliphatic rings. The number of esters is 1. The maximum absolute atomic E-state index is 12.8. The van der Waals surface area contributed by atoms with E-state index in [1.165, 1.54) is 10.5 Å². The van der Waals surface area contributed by atoms with Crippen molar-refractivity contribution >= 4 is 16.0 Å². The molecule has 21 heavy (non-hydrogen) atoms. The molecule has 2 rings (SSSR count). The summed E-state index contributed by atoms with van der Waals surface area (Å²) in [5.41, 5.74) is -0.784. The molecule has 0 saturated carbocycles. The largest absolute Gasteiger partial charge is 0.462 e. The van der Waals surface area contributed by atoms with Gasteiger partial charge in [0, 0.05) is 6.54 Å². The molecule has 2 heterocycles. The number of H-pyrrole nitrogens is 1. The Bertz CT molecular complexity index is 623. The molecule has 1 N–H and O–H groups in total. The minimum Gasteiger partial charge on any atom is -0.462 e. The molecule has 0 radical (unpaired) electrons. The maximum atomic E-state index is 12.8. The van der Waals surface area contributed by atoms with E-state index >= 15 is 0 Å². The Kier molecular flexibility index (Phi) is 4.35. The van der Waals surface area contributed by atoms with Crippen LogP contribution in [0.4, 0.5) is 0 Å². The number of aromatic nitrogens is 2. The summed E-state index contributed by atoms with van der Waals surface area (Å²) in [4.78, 5) is 11.8. The van der Waals surface area contributed by atoms with Gasteiger partial charge in [0.1, 0.15) is 5.56 Å². The quantitative estimate of drug-likeness (QED) is 0.806. The number of aromatic amines is 1. The highest BCUT2D eigenvalue weighted by Crippen LogP contribution is 2.28. The van der Waals surface area contributed by atoms with E-state index in [0.717, 1.165) is 0 Å². The normalized spacial score (nSPS) is 19.4. The molecular weight excluding hydrogens is 298 g/mol. The molecule has 8 nitrogen and oxygen atoms in total. The lowest BCUT2D eigenvalue weighted by Crippen LogP contribution is -2.55. The standard InChI is InChI=1S/C12H19N3O5S/c1-4-20-11(16)9-7-13-14-10(9)21(17,18)15-5-6-19-8-12(15,2)3/h7H,4-6,8H2,1-3H3,(H,13,14). The van der Waals surface area contributed by atoms with Gasteiger partial charge in [-0.15, -0.1) is 0 Å². The van der Waals surface area contributed by atoms with E-state index in [4.69, 9.17) is 9.47 Å². The summed E-state index contributed by atoms with van der Waals surface area (Å²) < 4.78 is 37.1. The second-order valence-corrected chi connectivity index (χ2v) is 7.07. The van der Waals surface area contributed by atoms with Gasteiger partial charge in [0.2, 0.25) is 0 Å². The van der Waals surface area contributed by atoms with E-state index in [2.05, 4.69) is 10.2 Å². The van der Waals surface area contributed by atoms with E-state index in [1.54, 1.807) is 20.8 Å². The second-order valence-electron chi connectivity index (χ2n) is 5.28. The molecule has 0 amide bonds. The Morgan fingerprint density at radius 3 is 2.90 bits per heavy atom. The summed E-state index contributed by atoms with van der Waals surface area (Å²) in [5, 5.41) is 5.83. The number of carbonyl (C=O) groups excluding carboxylic acids is 1. The second kappa shape index (κ2) is 5.74. The number of hydrogen-bond acceptors (Lipinski definition) is 6. The number of morpholine rings is 1. The van der Waals surface area contributed by atoms with Crippen LogP contribution in [-0.2, 0) is 19.5 Å². The van der Waals surface area contributed by atoms with Gasteiger partial charge in [0.15, 0.2) is 5.03 Å². The van der Waals surface area contributed by atoms with Gasteiger partial charge in [-0.1, -0.05) is 0 Å². The van der Waals surface area contributed by atoms with Crippen LogP contribution >= 0.6 is 0 Å². The van der Waals surface area contributed by atoms with Gasteiger partial charge in [-0.2, -0.15) is 9.40 Å². The van der Waals surface area contributed by atoms with E-state index in [0.29, 0.717) is 6.61 Å². The van der Waals surface area contributed by atoms with Gasteiger partial charge < -0.3 is 9.47 Å². The zero-order chi connectivity index (χ0) is 15.7. The Balaban J connectivity index is 2.41. The van der Waals surface area contributed by atoms with Crippen molar-refractivity contribution in [2.24, 2.45) is 0 Å². The number of hydrogen-bond donors (Lipinski definition) is 1. The molecule has 1 aromatic rings. The number of ether oxygens (including phenoxy) is 2. The average Bonchev–Trinajstić information content (AvgIpc) is 2.88. The zero-order valence-corrected chi connectivity index (χ0v) is 13.1. The van der Waals surface area contributed by atoms with Crippen LogP contribution in [0, 0.1) is 0 Å². The van der Waals surface area contributed by atoms with E-state index in [1.807, 2.05) is 0 Å². The van der Waals surface area contributed by atoms with Crippen LogP contribution in [0.3, 0.4) is 0 Å². The summed E-state index contributed by atoms with van der Waals surface area (Å²) in [6.45, 7) is 6.16. The first-order valence-electron chi connectivity index (χ1n) is 6.62. The molecule has 9 heteroatoms. The molecular formula is C12H19N3O5S. The predicted molar refractivity (Wildman–Crippen MR) is 73.3 cm³/mol. The Labute approximate surface area is 123 Å². The average molecular weight is 317 g/mol. The number of rotatable bonds is 4. The Morgan fingerprint density at radius 1 is 1.57 bits per heavy atom. The summed E-state index contributed by atoms with van der Waals surface area (Å²) in [7, 11) is -3.89. The molecule has 118 valence electrons. The van der Waals surface area contributed by atoms with Gasteiger partial charge in [0.25, 0.3) is 10.0 Å². The van der Waals surface area contributed by atoms with Crippen LogP contribution in [0.1, 0.15) is 31.1 Å². The SMILES string of the molecule is CCOC(=O)c1cn[nH]c1S(=O)(=O)N1CCOCC1(C)C. The van der Waals surface area contributed by atoms with Crippen molar-refractivity contribution in [1.82, 2.24) is 14.5 Å². The highest BCUT2D eigenvalue weighted by molar-refractivity contribution is 7.89. The number of nitrogens with zero attached hydrogens (tertiary/aromatic N) is 2. The zero-order valence-electron chi connectivity index (χ0n) is 12.2. The molecule has 1 aromatic heterocycles. The van der Waals surface area contributed by atoms with Crippen molar-refractivity contribution in [3.63, 3.8) is 0 Å². The Morgan fingerprint density at radius 2 is 2.29 bits per heavy atom. The van der Waals surface area contributed by atoms with Crippen molar-refractivity contribution in [3.8, 4) is 0 Å². The fraction of sp³-hybridized carbons (Fsp3) is 0.667. The van der Waals surface area contributed by atoms with Gasteiger partial charge in [-0.05, 0) is 20.8 Å². The molecule has 1 fully saturated rings. The summed E-state index contributed by atoms with van der Waals surface area (Å²) in [5.74, 6) is -0.712. The van der Waals surface area contributed by atoms with Gasteiger partial charge in [-0.3, -0.25) is 5.10 Å². The summed E-state index contributed by atoms with van der Waals surface area (Å²) in [6.07, 6.45) is 1.17. The van der Waals surface area contributed by atoms with Crippen molar-refractivity contribution < 1.29 is 22.7 Å². The molecule has 0 unspecified atom stereocenters. The third kappa shape index (κ3) is 2.94. The minimum atomic E-state index is -3.89. The molecule has 0 aliphatic carbocycles. The fourth-order valence-corrected chi connectivity index (χ4v) is 4.05. The highest BCUT2D eigenvalue weighted by Gasteiger charge is 2.42. The fourth-order valence-electron chi connectivity index (χ4n) is 2.22. The smallest absolute Gasteiger partial charge is 0.342 e. The van der Waals surface area contributed by atoms with Crippen LogP contribution in [-0.4, -0.2) is 60.8 Å². The van der Waals surface area contributed by atoms with E-state index in [-0.39, 0.29) is 30.3 Å². The monoisotopic (exact) mass is 317 g/mol. The molecule has 1 saturated heterocycles. The van der Waals surface area contributed by atoms with Gasteiger partial charge >= 0.3 is 5.97 Å². The summed E-state index contributed by atoms with van der Waals surface area (Å²) in [6, 6.07) is 0. The topological polar surface area (TPSA) is 102 Å². The van der Waals surface area contributed by atoms with Gasteiger partial charge in [0.05, 0.1) is 31.6 Å². The van der Waals surface area contributed by atoms with Crippen molar-refractivity contribution in [3.05, 3.63) is 11.8 Å². The van der Waals surface area contributed by atoms with Crippen molar-refractivity contribution in [2.75, 3.05) is 26.4 Å². The highest BCUT2D eigenvalue weighted by atomic mass is 32.2. The molecule has 0 aromatic carbocycles. The lowest BCUT2D eigenvalue weighted by molar-refractivity contribution is -0.00787. The predicted octanol–water partition coefficient (Wildman–Crippen LogP) is 0.386. The minimum absolute atomic E-state index is 0.0841. The number of nitrogens with one attached hydrogen (secondary N) is 1. The van der Waals surface area contributed by atoms with Crippen molar-refractivity contribution in [2.45, 2.75) is 31.3 Å². The first-order valence-corrected chi connectivity index (χ1v) is 8.06. The van der Waals surface area contributed by atoms with E-state index < -0.39 is 21.5 Å². The first-order chi connectivity index (χ1) is 9.80. The maximum Gasteiger partial charge on any atom is 0.342 e. The Hall–Kier alpha value is -1.45. The van der Waals surface area contributed by atoms with E-state index in [9.17, 15) is 13.2 Å². The van der Waals surface area contributed by atoms with Crippen LogP contribution in [0.25, 0.3) is 0 Å². The third-order valence-electron chi connectivity index (χ3n) is 3.22. The lowest BCUT2D eigenvalue weighted by atomic mass is 10.1. The third-order valence-corrected chi connectivity index (χ3v) is 5.30. The van der Waals surface area contributed by atoms with Crippen LogP contribution in [0.2, 0.25) is 0 Å². The number of carbonyl (C=O) groups is 1. The van der Waals surface area contributed by atoms with Crippen LogP contribution in [0.5, 0.6) is 0 Å². The number of sulfonamides is 1.